The summed E-state index contributed by atoms with van der Waals surface area (Å²) in [5.41, 5.74) is 1.38. The fourth-order valence-corrected chi connectivity index (χ4v) is 3.85. The van der Waals surface area contributed by atoms with E-state index >= 15 is 0 Å². The zero-order valence-electron chi connectivity index (χ0n) is 17.6. The van der Waals surface area contributed by atoms with Crippen molar-refractivity contribution in [3.63, 3.8) is 0 Å². The molecule has 1 N–H and O–H groups in total. The molecule has 7 nitrogen and oxygen atoms in total. The maximum Gasteiger partial charge on any atom is 0.337 e. The molecule has 31 heavy (non-hydrogen) atoms. The zero-order chi connectivity index (χ0) is 22.4. The van der Waals surface area contributed by atoms with Crippen molar-refractivity contribution in [3.05, 3.63) is 58.5 Å². The molecular weight excluding hydrogens is 416 g/mol. The number of amides is 1. The van der Waals surface area contributed by atoms with E-state index in [1.165, 1.54) is 17.8 Å². The van der Waals surface area contributed by atoms with Gasteiger partial charge in [-0.05, 0) is 54.1 Å². The van der Waals surface area contributed by atoms with Gasteiger partial charge in [0.05, 0.1) is 29.9 Å². The molecule has 3 rings (SSSR count). The lowest BCUT2D eigenvalue weighted by molar-refractivity contribution is -0.113. The van der Waals surface area contributed by atoms with Crippen LogP contribution in [0.3, 0.4) is 0 Å². The Labute approximate surface area is 185 Å². The molecule has 0 unspecified atom stereocenters. The number of hydrogen-bond donors (Lipinski definition) is 1. The van der Waals surface area contributed by atoms with E-state index in [9.17, 15) is 14.7 Å². The fraction of sp³-hybridized carbons (Fsp3) is 0.261. The number of amidine groups is 1. The molecule has 0 aliphatic carbocycles. The van der Waals surface area contributed by atoms with Crippen molar-refractivity contribution in [1.29, 1.82) is 0 Å². The van der Waals surface area contributed by atoms with E-state index in [0.717, 1.165) is 18.4 Å². The molecule has 0 fully saturated rings. The molecular formula is C23H24N2O5S. The van der Waals surface area contributed by atoms with E-state index in [-0.39, 0.29) is 11.5 Å². The third-order valence-corrected chi connectivity index (χ3v) is 5.69. The van der Waals surface area contributed by atoms with Gasteiger partial charge in [0.2, 0.25) is 0 Å². The molecule has 0 saturated carbocycles. The number of benzene rings is 2. The summed E-state index contributed by atoms with van der Waals surface area (Å²) in [6.07, 6.45) is 3.73. The number of unbranched alkanes of at least 4 members (excludes halogenated alkanes) is 1. The van der Waals surface area contributed by atoms with Crippen LogP contribution in [-0.4, -0.2) is 42.9 Å². The number of carboxylic acid groups (broad SMARTS) is 1. The highest BCUT2D eigenvalue weighted by molar-refractivity contribution is 8.18. The van der Waals surface area contributed by atoms with E-state index in [1.54, 1.807) is 43.3 Å². The van der Waals surface area contributed by atoms with Crippen LogP contribution in [0, 0.1) is 0 Å². The Morgan fingerprint density at radius 2 is 2.00 bits per heavy atom. The van der Waals surface area contributed by atoms with Gasteiger partial charge in [-0.15, -0.1) is 0 Å². The second kappa shape index (κ2) is 10.2. The number of thioether (sulfide) groups is 1. The number of anilines is 1. The van der Waals surface area contributed by atoms with Gasteiger partial charge in [0.1, 0.15) is 0 Å². The minimum atomic E-state index is -1.04. The average Bonchev–Trinajstić information content (AvgIpc) is 3.14. The van der Waals surface area contributed by atoms with Crippen LogP contribution < -0.4 is 14.4 Å². The predicted molar refractivity (Wildman–Crippen MR) is 123 cm³/mol. The molecule has 2 aromatic rings. The van der Waals surface area contributed by atoms with Crippen molar-refractivity contribution >= 4 is 40.6 Å². The van der Waals surface area contributed by atoms with Crippen LogP contribution >= 0.6 is 11.8 Å². The highest BCUT2D eigenvalue weighted by Crippen LogP contribution is 2.35. The number of ether oxygens (including phenoxy) is 2. The van der Waals surface area contributed by atoms with Crippen molar-refractivity contribution < 1.29 is 24.2 Å². The maximum absolute atomic E-state index is 12.5. The topological polar surface area (TPSA) is 88.4 Å². The van der Waals surface area contributed by atoms with Gasteiger partial charge in [-0.25, -0.2) is 4.79 Å². The number of aliphatic imine (C=N–C) groups is 1. The van der Waals surface area contributed by atoms with Crippen molar-refractivity contribution in [2.45, 2.75) is 19.8 Å². The monoisotopic (exact) mass is 440 g/mol. The Hall–Kier alpha value is -3.26. The van der Waals surface area contributed by atoms with Crippen molar-refractivity contribution in [3.8, 4) is 11.5 Å². The van der Waals surface area contributed by atoms with E-state index in [0.29, 0.717) is 33.9 Å². The van der Waals surface area contributed by atoms with Crippen LogP contribution in [-0.2, 0) is 4.79 Å². The quantitative estimate of drug-likeness (QED) is 0.471. The van der Waals surface area contributed by atoms with E-state index in [1.807, 2.05) is 18.2 Å². The number of hydrogen-bond acceptors (Lipinski definition) is 6. The van der Waals surface area contributed by atoms with Gasteiger partial charge in [-0.3, -0.25) is 4.79 Å². The summed E-state index contributed by atoms with van der Waals surface area (Å²) >= 11 is 1.19. The van der Waals surface area contributed by atoms with Crippen LogP contribution in [0.1, 0.15) is 35.7 Å². The predicted octanol–water partition coefficient (Wildman–Crippen LogP) is 4.68. The number of carbonyl (C=O) groups excluding carboxylic acids is 1. The Balaban J connectivity index is 1.79. The number of nitrogens with zero attached hydrogens (tertiary/aromatic N) is 2. The third-order valence-electron chi connectivity index (χ3n) is 4.63. The molecule has 1 amide bonds. The highest BCUT2D eigenvalue weighted by atomic mass is 32.2. The van der Waals surface area contributed by atoms with Gasteiger partial charge < -0.3 is 19.5 Å². The van der Waals surface area contributed by atoms with Crippen LogP contribution in [0.15, 0.2) is 52.4 Å². The molecule has 0 saturated heterocycles. The Morgan fingerprint density at radius 1 is 1.23 bits per heavy atom. The average molecular weight is 441 g/mol. The van der Waals surface area contributed by atoms with E-state index in [2.05, 4.69) is 11.9 Å². The first kappa shape index (κ1) is 22.4. The molecule has 8 heteroatoms. The van der Waals surface area contributed by atoms with E-state index in [4.69, 9.17) is 9.47 Å². The maximum atomic E-state index is 12.5. The van der Waals surface area contributed by atoms with Crippen LogP contribution in [0.2, 0.25) is 0 Å². The molecule has 0 bridgehead atoms. The Morgan fingerprint density at radius 3 is 2.71 bits per heavy atom. The number of aromatic carboxylic acids is 1. The Bertz CT molecular complexity index is 1050. The summed E-state index contributed by atoms with van der Waals surface area (Å²) in [4.78, 5) is 30.1. The van der Waals surface area contributed by atoms with Gasteiger partial charge >= 0.3 is 5.97 Å². The van der Waals surface area contributed by atoms with Gasteiger partial charge in [0, 0.05) is 7.05 Å². The lowest BCUT2D eigenvalue weighted by Crippen LogP contribution is -2.24. The number of methoxy groups -OCH3 is 1. The summed E-state index contributed by atoms with van der Waals surface area (Å²) in [5, 5.41) is 9.84. The molecule has 0 spiro atoms. The minimum Gasteiger partial charge on any atom is -0.493 e. The summed E-state index contributed by atoms with van der Waals surface area (Å²) < 4.78 is 11.2. The van der Waals surface area contributed by atoms with Crippen molar-refractivity contribution in [1.82, 2.24) is 0 Å². The molecule has 0 aromatic heterocycles. The van der Waals surface area contributed by atoms with Crippen LogP contribution in [0.4, 0.5) is 5.69 Å². The molecule has 0 radical (unpaired) electrons. The van der Waals surface area contributed by atoms with Gasteiger partial charge in [0.25, 0.3) is 5.91 Å². The van der Waals surface area contributed by atoms with Crippen molar-refractivity contribution in [2.24, 2.45) is 4.99 Å². The van der Waals surface area contributed by atoms with Gasteiger partial charge in [0.15, 0.2) is 16.7 Å². The highest BCUT2D eigenvalue weighted by Gasteiger charge is 2.27. The molecule has 1 aliphatic rings. The first-order valence-corrected chi connectivity index (χ1v) is 10.7. The minimum absolute atomic E-state index is 0.140. The molecule has 0 atom stereocenters. The number of para-hydroxylation sites is 1. The summed E-state index contributed by atoms with van der Waals surface area (Å²) in [7, 11) is 3.26. The second-order valence-electron chi connectivity index (χ2n) is 6.80. The van der Waals surface area contributed by atoms with Crippen molar-refractivity contribution in [2.75, 3.05) is 25.7 Å². The molecule has 1 aliphatic heterocycles. The molecule has 2 aromatic carbocycles. The lowest BCUT2D eigenvalue weighted by Gasteiger charge is -2.19. The normalized spacial score (nSPS) is 14.5. The van der Waals surface area contributed by atoms with Crippen LogP contribution in [0.5, 0.6) is 11.5 Å². The lowest BCUT2D eigenvalue weighted by atomic mass is 10.1. The Kier molecular flexibility index (Phi) is 7.36. The largest absolute Gasteiger partial charge is 0.493 e. The number of carbonyl (C=O) groups is 2. The first-order chi connectivity index (χ1) is 14.9. The molecule has 162 valence electrons. The first-order valence-electron chi connectivity index (χ1n) is 9.84. The van der Waals surface area contributed by atoms with Crippen LogP contribution in [0.25, 0.3) is 6.08 Å². The summed E-state index contributed by atoms with van der Waals surface area (Å²) in [5.74, 6) is -0.164. The third kappa shape index (κ3) is 5.27. The van der Waals surface area contributed by atoms with Gasteiger partial charge in [-0.2, -0.15) is 4.99 Å². The second-order valence-corrected chi connectivity index (χ2v) is 7.81. The van der Waals surface area contributed by atoms with Gasteiger partial charge in [-0.1, -0.05) is 31.5 Å². The summed E-state index contributed by atoms with van der Waals surface area (Å²) in [6, 6.07) is 12.1. The SMILES string of the molecule is CCCCOc1ccc(/C=C2\SC(N(C)c3ccccc3C(=O)O)=NC2=O)cc1OC. The summed E-state index contributed by atoms with van der Waals surface area (Å²) in [6.45, 7) is 2.71. The van der Waals surface area contributed by atoms with E-state index < -0.39 is 5.97 Å². The fourth-order valence-electron chi connectivity index (χ4n) is 2.96. The smallest absolute Gasteiger partial charge is 0.337 e. The standard InChI is InChI=1S/C23H24N2O5S/c1-4-5-12-30-18-11-10-15(13-19(18)29-3)14-20-21(26)24-23(31-20)25(2)17-9-7-6-8-16(17)22(27)28/h6-11,13-14H,4-5,12H2,1-3H3,(H,27,28)/b20-14-. The zero-order valence-corrected chi connectivity index (χ0v) is 18.4. The molecule has 1 heterocycles. The number of rotatable bonds is 8. The number of carboxylic acids is 1.